The Labute approximate surface area is 126 Å². The van der Waals surface area contributed by atoms with Crippen LogP contribution in [0.25, 0.3) is 0 Å². The van der Waals surface area contributed by atoms with Gasteiger partial charge in [0.2, 0.25) is 0 Å². The number of alkyl halides is 2. The van der Waals surface area contributed by atoms with Crippen molar-refractivity contribution in [1.82, 2.24) is 14.9 Å². The minimum Gasteiger partial charge on any atom is -0.356 e. The predicted molar refractivity (Wildman–Crippen MR) is 83.2 cm³/mol. The van der Waals surface area contributed by atoms with Crippen LogP contribution in [0.5, 0.6) is 0 Å². The number of thiol groups is 2. The van der Waals surface area contributed by atoms with E-state index in [4.69, 9.17) is 0 Å². The first-order chi connectivity index (χ1) is 9.40. The smallest absolute Gasteiger partial charge is 0.263 e. The molecule has 2 fully saturated rings. The van der Waals surface area contributed by atoms with E-state index in [0.29, 0.717) is 5.69 Å². The van der Waals surface area contributed by atoms with Crippen LogP contribution in [-0.2, 0) is 0 Å². The fraction of sp³-hybridized carbons (Fsp3) is 0.455. The lowest BCUT2D eigenvalue weighted by molar-refractivity contribution is 0.151. The highest BCUT2D eigenvalue weighted by Gasteiger charge is 2.68. The van der Waals surface area contributed by atoms with Gasteiger partial charge in [-0.3, -0.25) is 10.2 Å². The third-order valence-corrected chi connectivity index (χ3v) is 7.21. The normalized spacial score (nSPS) is 37.6. The van der Waals surface area contributed by atoms with E-state index in [-0.39, 0.29) is 17.5 Å². The molecule has 3 aliphatic rings. The van der Waals surface area contributed by atoms with Crippen molar-refractivity contribution in [3.8, 4) is 0 Å². The van der Waals surface area contributed by atoms with Crippen LogP contribution in [0.1, 0.15) is 12.0 Å². The van der Waals surface area contributed by atoms with Gasteiger partial charge in [0.1, 0.15) is 12.0 Å². The van der Waals surface area contributed by atoms with E-state index < -0.39 is 14.7 Å². The van der Waals surface area contributed by atoms with Crippen molar-refractivity contribution in [2.45, 2.75) is 23.3 Å². The maximum absolute atomic E-state index is 12.8. The summed E-state index contributed by atoms with van der Waals surface area (Å²) >= 11 is 9.16. The van der Waals surface area contributed by atoms with Gasteiger partial charge in [0, 0.05) is 23.5 Å². The van der Waals surface area contributed by atoms with Crippen molar-refractivity contribution in [3.05, 3.63) is 23.8 Å². The number of halogens is 2. The number of benzene rings is 1. The van der Waals surface area contributed by atoms with Gasteiger partial charge in [-0.15, -0.1) is 23.3 Å². The number of nitrogens with zero attached hydrogens (tertiary/aromatic N) is 1. The Hall–Kier alpha value is -0.190. The Balaban J connectivity index is 1.63. The molecule has 0 amide bonds. The Morgan fingerprint density at radius 1 is 1.40 bits per heavy atom. The standard InChI is InChI=1S/C11H14F2N4S3/c12-9(13)6-1-2-8-7(3-6)14-10(16-20(8,18)19)15-11-4-17(11)5-11/h1-3,9-10,14-16,18-19H,4-5H2. The third kappa shape index (κ3) is 2.11. The second-order valence-corrected chi connectivity index (χ2v) is 11.3. The number of anilines is 1. The molecule has 3 N–H and O–H groups in total. The summed E-state index contributed by atoms with van der Waals surface area (Å²) in [6.45, 7) is 2.08. The van der Waals surface area contributed by atoms with Crippen molar-refractivity contribution < 1.29 is 8.78 Å². The lowest BCUT2D eigenvalue weighted by atomic mass is 10.2. The van der Waals surface area contributed by atoms with Crippen LogP contribution in [-0.4, -0.2) is 29.9 Å². The van der Waals surface area contributed by atoms with Crippen molar-refractivity contribution in [3.63, 3.8) is 0 Å². The van der Waals surface area contributed by atoms with E-state index in [1.807, 2.05) is 0 Å². The lowest BCUT2D eigenvalue weighted by Gasteiger charge is -2.42. The summed E-state index contributed by atoms with van der Waals surface area (Å²) in [6.07, 6.45) is -2.69. The molecule has 1 aromatic rings. The number of hydrogen-bond donors (Lipinski definition) is 5. The quantitative estimate of drug-likeness (QED) is 0.334. The second kappa shape index (κ2) is 4.17. The molecule has 0 radical (unpaired) electrons. The first-order valence-corrected chi connectivity index (χ1v) is 9.90. The molecular formula is C11H14F2N4S3. The van der Waals surface area contributed by atoms with Crippen LogP contribution in [0.3, 0.4) is 0 Å². The maximum Gasteiger partial charge on any atom is 0.263 e. The number of hydrogen-bond acceptors (Lipinski definition) is 6. The summed E-state index contributed by atoms with van der Waals surface area (Å²) in [5.41, 5.74) is 0.786. The molecule has 0 saturated carbocycles. The molecule has 3 heterocycles. The van der Waals surface area contributed by atoms with E-state index in [2.05, 4.69) is 43.6 Å². The topological polar surface area (TPSA) is 39.1 Å². The number of nitrogens with one attached hydrogen (secondary N) is 3. The van der Waals surface area contributed by atoms with E-state index in [1.165, 1.54) is 12.1 Å². The van der Waals surface area contributed by atoms with Crippen LogP contribution in [0.4, 0.5) is 14.5 Å². The predicted octanol–water partition coefficient (Wildman–Crippen LogP) is 2.31. The van der Waals surface area contributed by atoms with E-state index in [1.54, 1.807) is 6.07 Å². The van der Waals surface area contributed by atoms with E-state index >= 15 is 0 Å². The molecule has 1 unspecified atom stereocenters. The van der Waals surface area contributed by atoms with Crippen LogP contribution in [0.15, 0.2) is 23.1 Å². The molecule has 3 aliphatic heterocycles. The summed E-state index contributed by atoms with van der Waals surface area (Å²) in [6, 6.07) is 4.58. The van der Waals surface area contributed by atoms with Gasteiger partial charge in [0.25, 0.3) is 6.43 Å². The molecule has 0 bridgehead atoms. The molecule has 110 valence electrons. The molecule has 4 nitrogen and oxygen atoms in total. The van der Waals surface area contributed by atoms with Gasteiger partial charge < -0.3 is 5.32 Å². The molecule has 9 heteroatoms. The Kier molecular flexibility index (Phi) is 2.81. The minimum atomic E-state index is -2.48. The molecule has 1 atom stereocenters. The molecule has 0 aliphatic carbocycles. The van der Waals surface area contributed by atoms with Gasteiger partial charge in [-0.2, -0.15) is 0 Å². The number of rotatable bonds is 3. The van der Waals surface area contributed by atoms with Gasteiger partial charge in [-0.05, 0) is 12.1 Å². The van der Waals surface area contributed by atoms with Crippen molar-refractivity contribution in [2.24, 2.45) is 0 Å². The second-order valence-electron chi connectivity index (χ2n) is 5.33. The molecule has 2 saturated heterocycles. The van der Waals surface area contributed by atoms with Crippen LogP contribution in [0, 0.1) is 0 Å². The number of fused-ring (bicyclic) bond motifs is 2. The van der Waals surface area contributed by atoms with E-state index in [9.17, 15) is 8.78 Å². The molecular weight excluding hydrogens is 322 g/mol. The van der Waals surface area contributed by atoms with Crippen molar-refractivity contribution in [2.75, 3.05) is 18.4 Å². The molecule has 0 aromatic heterocycles. The fourth-order valence-electron chi connectivity index (χ4n) is 2.49. The summed E-state index contributed by atoms with van der Waals surface area (Å²) in [7, 11) is -1.81. The summed E-state index contributed by atoms with van der Waals surface area (Å²) in [5.74, 6) is 0. The average Bonchev–Trinajstić information content (AvgIpc) is 3.16. The highest BCUT2D eigenvalue weighted by Crippen LogP contribution is 2.65. The zero-order valence-corrected chi connectivity index (χ0v) is 12.9. The van der Waals surface area contributed by atoms with Crippen LogP contribution >= 0.6 is 31.6 Å². The SMILES string of the molecule is FC(F)c1ccc2c(c1)NC(NC13CN1C3)NS2(S)S. The Morgan fingerprint density at radius 2 is 2.10 bits per heavy atom. The summed E-state index contributed by atoms with van der Waals surface area (Å²) in [4.78, 5) is 3.10. The highest BCUT2D eigenvalue weighted by atomic mass is 33.5. The first-order valence-electron chi connectivity index (χ1n) is 6.17. The molecule has 0 spiro atoms. The fourth-order valence-corrected chi connectivity index (χ4v) is 5.33. The van der Waals surface area contributed by atoms with E-state index in [0.717, 1.165) is 18.0 Å². The Bertz CT molecular complexity index is 577. The zero-order valence-electron chi connectivity index (χ0n) is 10.3. The van der Waals surface area contributed by atoms with Gasteiger partial charge >= 0.3 is 0 Å². The average molecular weight is 336 g/mol. The largest absolute Gasteiger partial charge is 0.356 e. The monoisotopic (exact) mass is 336 g/mol. The molecule has 1 aromatic carbocycles. The van der Waals surface area contributed by atoms with Crippen molar-refractivity contribution >= 4 is 37.3 Å². The summed E-state index contributed by atoms with van der Waals surface area (Å²) < 4.78 is 28.9. The maximum atomic E-state index is 12.8. The zero-order chi connectivity index (χ0) is 14.1. The van der Waals surface area contributed by atoms with Gasteiger partial charge in [-0.1, -0.05) is 14.3 Å². The minimum absolute atomic E-state index is 0.00593. The van der Waals surface area contributed by atoms with Gasteiger partial charge in [0.15, 0.2) is 0 Å². The molecule has 4 rings (SSSR count). The third-order valence-electron chi connectivity index (χ3n) is 3.86. The van der Waals surface area contributed by atoms with Crippen LogP contribution < -0.4 is 15.4 Å². The lowest BCUT2D eigenvalue weighted by Crippen LogP contribution is -2.53. The van der Waals surface area contributed by atoms with Crippen LogP contribution in [0.2, 0.25) is 0 Å². The Morgan fingerprint density at radius 3 is 2.70 bits per heavy atom. The summed E-state index contributed by atoms with van der Waals surface area (Å²) in [5, 5.41) is 6.64. The van der Waals surface area contributed by atoms with Gasteiger partial charge in [-0.25, -0.2) is 13.5 Å². The first kappa shape index (κ1) is 13.5. The highest BCUT2D eigenvalue weighted by molar-refractivity contribution is 9.17. The molecule has 20 heavy (non-hydrogen) atoms. The van der Waals surface area contributed by atoms with Gasteiger partial charge in [0.05, 0.1) is 5.69 Å². The van der Waals surface area contributed by atoms with Crippen molar-refractivity contribution in [1.29, 1.82) is 0 Å².